The summed E-state index contributed by atoms with van der Waals surface area (Å²) in [5, 5.41) is 0. The summed E-state index contributed by atoms with van der Waals surface area (Å²) in [6.45, 7) is 3.69. The van der Waals surface area contributed by atoms with Crippen molar-refractivity contribution in [3.05, 3.63) is 64.7 Å². The fraction of sp³-hybridized carbons (Fsp3) is 0.300. The van der Waals surface area contributed by atoms with Gasteiger partial charge < -0.3 is 9.47 Å². The van der Waals surface area contributed by atoms with Crippen LogP contribution >= 0.6 is 39.5 Å². The first-order chi connectivity index (χ1) is 14.0. The van der Waals surface area contributed by atoms with E-state index in [2.05, 4.69) is 42.0 Å². The summed E-state index contributed by atoms with van der Waals surface area (Å²) in [7, 11) is 2.78. The van der Waals surface area contributed by atoms with Gasteiger partial charge in [-0.15, -0.1) is 23.5 Å². The maximum Gasteiger partial charge on any atom is 0.315 e. The van der Waals surface area contributed by atoms with Crippen molar-refractivity contribution in [1.29, 1.82) is 0 Å². The third kappa shape index (κ3) is 11.7. The number of pyridine rings is 2. The highest BCUT2D eigenvalue weighted by atomic mass is 79.9. The summed E-state index contributed by atoms with van der Waals surface area (Å²) in [4.78, 5) is 30.0. The summed E-state index contributed by atoms with van der Waals surface area (Å²) in [5.74, 6) is 1.73. The van der Waals surface area contributed by atoms with E-state index in [1.54, 1.807) is 18.5 Å². The number of carbonyl (C=O) groups excluding carboxylic acids is 2. The van der Waals surface area contributed by atoms with Gasteiger partial charge in [0.2, 0.25) is 0 Å². The lowest BCUT2D eigenvalue weighted by Crippen LogP contribution is -2.03. The number of thioether (sulfide) groups is 2. The van der Waals surface area contributed by atoms with Crippen LogP contribution in [0.25, 0.3) is 6.08 Å². The van der Waals surface area contributed by atoms with Crippen molar-refractivity contribution in [3.63, 3.8) is 0 Å². The number of methoxy groups -OCH3 is 2. The van der Waals surface area contributed by atoms with Gasteiger partial charge in [-0.2, -0.15) is 0 Å². The fourth-order valence-corrected chi connectivity index (χ4v) is 3.72. The Hall–Kier alpha value is -1.84. The minimum atomic E-state index is -0.208. The van der Waals surface area contributed by atoms with Crippen LogP contribution in [0.15, 0.2) is 47.7 Å². The molecule has 9 heteroatoms. The molecule has 156 valence electrons. The van der Waals surface area contributed by atoms with E-state index in [0.29, 0.717) is 23.0 Å². The van der Waals surface area contributed by atoms with Gasteiger partial charge in [0, 0.05) is 28.4 Å². The molecule has 0 radical (unpaired) electrons. The van der Waals surface area contributed by atoms with E-state index in [9.17, 15) is 9.59 Å². The Morgan fingerprint density at radius 3 is 2.00 bits per heavy atom. The van der Waals surface area contributed by atoms with Gasteiger partial charge in [-0.05, 0) is 29.8 Å². The Morgan fingerprint density at radius 2 is 1.52 bits per heavy atom. The first-order valence-electron chi connectivity index (χ1n) is 8.45. The maximum atomic E-state index is 10.8. The van der Waals surface area contributed by atoms with Crippen LogP contribution in [0.4, 0.5) is 0 Å². The molecular formula is C20H23BrN2O4S2. The SMILES string of the molecule is C=Cc1ccnc(CSCC(=O)OC)c1.COC(=O)CSCc1cc(Br)ccn1. The van der Waals surface area contributed by atoms with Crippen LogP contribution in [0.5, 0.6) is 0 Å². The molecule has 0 fully saturated rings. The molecule has 0 atom stereocenters. The monoisotopic (exact) mass is 498 g/mol. The molecule has 0 saturated carbocycles. The van der Waals surface area contributed by atoms with Gasteiger partial charge in [-0.25, -0.2) is 0 Å². The van der Waals surface area contributed by atoms with E-state index in [1.807, 2.05) is 24.3 Å². The molecule has 2 rings (SSSR count). The maximum absolute atomic E-state index is 10.8. The quantitative estimate of drug-likeness (QED) is 0.471. The summed E-state index contributed by atoms with van der Waals surface area (Å²) >= 11 is 6.33. The van der Waals surface area contributed by atoms with Crippen LogP contribution in [0.1, 0.15) is 17.0 Å². The zero-order valence-corrected chi connectivity index (χ0v) is 19.5. The van der Waals surface area contributed by atoms with Crippen molar-refractivity contribution < 1.29 is 19.1 Å². The molecule has 0 N–H and O–H groups in total. The zero-order valence-electron chi connectivity index (χ0n) is 16.3. The van der Waals surface area contributed by atoms with Gasteiger partial charge in [0.15, 0.2) is 0 Å². The first-order valence-corrected chi connectivity index (χ1v) is 11.6. The van der Waals surface area contributed by atoms with Crippen LogP contribution in [-0.4, -0.2) is 47.6 Å². The number of nitrogens with zero attached hydrogens (tertiary/aromatic N) is 2. The van der Waals surface area contributed by atoms with Crippen molar-refractivity contribution in [1.82, 2.24) is 9.97 Å². The lowest BCUT2D eigenvalue weighted by atomic mass is 10.2. The van der Waals surface area contributed by atoms with Crippen LogP contribution in [0.3, 0.4) is 0 Å². The van der Waals surface area contributed by atoms with Crippen LogP contribution < -0.4 is 0 Å². The lowest BCUT2D eigenvalue weighted by Gasteiger charge is -2.01. The molecule has 0 aliphatic rings. The smallest absolute Gasteiger partial charge is 0.315 e. The van der Waals surface area contributed by atoms with Crippen molar-refractivity contribution in [2.24, 2.45) is 0 Å². The Morgan fingerprint density at radius 1 is 1.00 bits per heavy atom. The van der Waals surface area contributed by atoms with Gasteiger partial charge in [0.25, 0.3) is 0 Å². The molecule has 0 aromatic carbocycles. The van der Waals surface area contributed by atoms with E-state index < -0.39 is 0 Å². The molecule has 2 aromatic heterocycles. The summed E-state index contributed by atoms with van der Waals surface area (Å²) in [5.41, 5.74) is 2.94. The fourth-order valence-electron chi connectivity index (χ4n) is 1.83. The van der Waals surface area contributed by atoms with E-state index in [-0.39, 0.29) is 11.9 Å². The predicted molar refractivity (Wildman–Crippen MR) is 123 cm³/mol. The molecule has 29 heavy (non-hydrogen) atoms. The van der Waals surface area contributed by atoms with Gasteiger partial charge in [-0.1, -0.05) is 28.6 Å². The van der Waals surface area contributed by atoms with Crippen molar-refractivity contribution >= 4 is 57.5 Å². The number of halogens is 1. The van der Waals surface area contributed by atoms with Crippen LogP contribution in [0.2, 0.25) is 0 Å². The summed E-state index contributed by atoms with van der Waals surface area (Å²) in [6.07, 6.45) is 5.25. The number of ether oxygens (including phenoxy) is 2. The lowest BCUT2D eigenvalue weighted by molar-refractivity contribution is -0.138. The highest BCUT2D eigenvalue weighted by Gasteiger charge is 2.02. The average molecular weight is 499 g/mol. The highest BCUT2D eigenvalue weighted by Crippen LogP contribution is 2.15. The molecular weight excluding hydrogens is 476 g/mol. The average Bonchev–Trinajstić information content (AvgIpc) is 2.74. The molecule has 6 nitrogen and oxygen atoms in total. The van der Waals surface area contributed by atoms with Gasteiger partial charge >= 0.3 is 11.9 Å². The molecule has 0 aliphatic carbocycles. The van der Waals surface area contributed by atoms with Crippen LogP contribution in [0, 0.1) is 0 Å². The Bertz CT molecular complexity index is 806. The highest BCUT2D eigenvalue weighted by molar-refractivity contribution is 9.10. The molecule has 0 spiro atoms. The van der Waals surface area contributed by atoms with Crippen molar-refractivity contribution in [3.8, 4) is 0 Å². The predicted octanol–water partition coefficient (Wildman–Crippen LogP) is 4.38. The zero-order chi connectivity index (χ0) is 21.5. The molecule has 0 aliphatic heterocycles. The van der Waals surface area contributed by atoms with Gasteiger partial charge in [0.1, 0.15) is 0 Å². The van der Waals surface area contributed by atoms with Crippen LogP contribution in [-0.2, 0) is 30.6 Å². The minimum Gasteiger partial charge on any atom is -0.468 e. The Kier molecular flexibility index (Phi) is 13.1. The molecule has 2 aromatic rings. The minimum absolute atomic E-state index is 0.204. The second-order valence-electron chi connectivity index (χ2n) is 5.39. The Balaban J connectivity index is 0.000000291. The van der Waals surface area contributed by atoms with Crippen molar-refractivity contribution in [2.45, 2.75) is 11.5 Å². The molecule has 0 unspecified atom stereocenters. The normalized spacial score (nSPS) is 9.76. The second kappa shape index (κ2) is 15.1. The number of carbonyl (C=O) groups is 2. The standard InChI is InChI=1S/C11H13NO2S.C9H10BrNO2S/c1-3-9-4-5-12-10(6-9)7-15-8-11(13)14-2;1-13-9(12)6-14-5-8-4-7(10)2-3-11-8/h3-6H,1,7-8H2,2H3;2-4H,5-6H2,1H3. The molecule has 0 bridgehead atoms. The van der Waals surface area contributed by atoms with Crippen molar-refractivity contribution in [2.75, 3.05) is 25.7 Å². The molecule has 2 heterocycles. The van der Waals surface area contributed by atoms with E-state index in [4.69, 9.17) is 0 Å². The molecule has 0 saturated heterocycles. The van der Waals surface area contributed by atoms with Gasteiger partial charge in [-0.3, -0.25) is 19.6 Å². The van der Waals surface area contributed by atoms with Gasteiger partial charge in [0.05, 0.1) is 37.1 Å². The summed E-state index contributed by atoms with van der Waals surface area (Å²) < 4.78 is 10.1. The first kappa shape index (κ1) is 25.2. The number of aromatic nitrogens is 2. The third-order valence-corrected chi connectivity index (χ3v) is 5.62. The second-order valence-corrected chi connectivity index (χ2v) is 8.27. The topological polar surface area (TPSA) is 78.4 Å². The number of rotatable bonds is 9. The summed E-state index contributed by atoms with van der Waals surface area (Å²) in [6, 6.07) is 7.65. The number of esters is 2. The van der Waals surface area contributed by atoms with E-state index in [1.165, 1.54) is 37.7 Å². The number of hydrogen-bond donors (Lipinski definition) is 0. The largest absolute Gasteiger partial charge is 0.468 e. The Labute approximate surface area is 188 Å². The van der Waals surface area contributed by atoms with E-state index in [0.717, 1.165) is 21.4 Å². The van der Waals surface area contributed by atoms with E-state index >= 15 is 0 Å². The number of hydrogen-bond acceptors (Lipinski definition) is 8. The third-order valence-electron chi connectivity index (χ3n) is 3.25. The molecule has 0 amide bonds.